The van der Waals surface area contributed by atoms with Crippen molar-refractivity contribution < 1.29 is 9.18 Å². The summed E-state index contributed by atoms with van der Waals surface area (Å²) < 4.78 is 14.6. The van der Waals surface area contributed by atoms with Crippen molar-refractivity contribution in [2.24, 2.45) is 0 Å². The van der Waals surface area contributed by atoms with Crippen LogP contribution in [0.4, 0.5) is 4.39 Å². The summed E-state index contributed by atoms with van der Waals surface area (Å²) in [5.74, 6) is -0.169. The lowest BCUT2D eigenvalue weighted by Crippen LogP contribution is -2.36. The summed E-state index contributed by atoms with van der Waals surface area (Å²) >= 11 is 0. The number of rotatable bonds is 5. The lowest BCUT2D eigenvalue weighted by molar-refractivity contribution is -0.130. The fourth-order valence-electron chi connectivity index (χ4n) is 4.35. The minimum Gasteiger partial charge on any atom is -0.340 e. The minimum absolute atomic E-state index is 0.00172. The lowest BCUT2D eigenvalue weighted by atomic mass is 9.98. The molecule has 1 aliphatic heterocycles. The molecule has 0 N–H and O–H groups in total. The summed E-state index contributed by atoms with van der Waals surface area (Å²) in [7, 11) is 0. The number of benzene rings is 1. The third kappa shape index (κ3) is 4.93. The Bertz CT molecular complexity index is 1200. The predicted octanol–water partition coefficient (Wildman–Crippen LogP) is 3.31. The molecule has 2 aromatic heterocycles. The molecule has 1 atom stereocenters. The first-order chi connectivity index (χ1) is 15.3. The van der Waals surface area contributed by atoms with E-state index in [2.05, 4.69) is 11.1 Å². The van der Waals surface area contributed by atoms with Crippen LogP contribution in [0.15, 0.2) is 47.3 Å². The second kappa shape index (κ2) is 9.02. The highest BCUT2D eigenvalue weighted by molar-refractivity contribution is 5.76. The van der Waals surface area contributed by atoms with Gasteiger partial charge in [-0.25, -0.2) is 9.18 Å². The fraction of sp³-hybridized carbons (Fsp3) is 0.360. The van der Waals surface area contributed by atoms with E-state index in [9.17, 15) is 14.0 Å². The van der Waals surface area contributed by atoms with Crippen LogP contribution in [0.3, 0.4) is 0 Å². The van der Waals surface area contributed by atoms with E-state index < -0.39 is 5.69 Å². The first kappa shape index (κ1) is 21.9. The van der Waals surface area contributed by atoms with Gasteiger partial charge in [0.25, 0.3) is 0 Å². The van der Waals surface area contributed by atoms with Crippen LogP contribution in [-0.4, -0.2) is 38.4 Å². The number of amides is 1. The number of nitrogens with zero attached hydrogens (tertiary/aromatic N) is 4. The minimum atomic E-state index is -0.391. The van der Waals surface area contributed by atoms with Crippen LogP contribution in [0.25, 0.3) is 0 Å². The summed E-state index contributed by atoms with van der Waals surface area (Å²) in [5.41, 5.74) is 5.06. The molecule has 0 bridgehead atoms. The molecular weight excluding hydrogens is 407 g/mol. The molecular formula is C25H27FN4O2. The number of carbonyl (C=O) groups is 1. The van der Waals surface area contributed by atoms with Crippen LogP contribution in [0.5, 0.6) is 0 Å². The molecule has 7 heteroatoms. The molecule has 1 unspecified atom stereocenters. The quantitative estimate of drug-likeness (QED) is 0.618. The van der Waals surface area contributed by atoms with E-state index in [1.54, 1.807) is 30.0 Å². The van der Waals surface area contributed by atoms with Crippen molar-refractivity contribution in [1.82, 2.24) is 19.4 Å². The SMILES string of the molecule is Cc1cc(Cc2ccc(F)cc2)cc(C2CCN(C(=O)Cn3c(C)cc(C)nc3=O)C2)n1. The summed E-state index contributed by atoms with van der Waals surface area (Å²) in [4.78, 5) is 35.5. The van der Waals surface area contributed by atoms with Crippen molar-refractivity contribution in [2.45, 2.75) is 46.1 Å². The molecule has 0 spiro atoms. The van der Waals surface area contributed by atoms with Crippen LogP contribution in [0.1, 0.15) is 46.2 Å². The first-order valence-electron chi connectivity index (χ1n) is 10.8. The van der Waals surface area contributed by atoms with Gasteiger partial charge in [-0.1, -0.05) is 12.1 Å². The second-order valence-corrected chi connectivity index (χ2v) is 8.58. The van der Waals surface area contributed by atoms with E-state index in [-0.39, 0.29) is 24.2 Å². The molecule has 0 aliphatic carbocycles. The zero-order valence-electron chi connectivity index (χ0n) is 18.6. The van der Waals surface area contributed by atoms with Crippen molar-refractivity contribution in [3.05, 3.63) is 92.7 Å². The third-order valence-electron chi connectivity index (χ3n) is 5.95. The topological polar surface area (TPSA) is 68.1 Å². The van der Waals surface area contributed by atoms with Crippen LogP contribution in [0, 0.1) is 26.6 Å². The molecule has 1 fully saturated rings. The van der Waals surface area contributed by atoms with E-state index in [1.807, 2.05) is 19.9 Å². The van der Waals surface area contributed by atoms with Gasteiger partial charge in [-0.3, -0.25) is 14.3 Å². The third-order valence-corrected chi connectivity index (χ3v) is 5.95. The van der Waals surface area contributed by atoms with Crippen LogP contribution in [0.2, 0.25) is 0 Å². The Kier molecular flexibility index (Phi) is 6.17. The normalized spacial score (nSPS) is 15.9. The number of aryl methyl sites for hydroxylation is 3. The van der Waals surface area contributed by atoms with E-state index in [0.717, 1.165) is 34.6 Å². The largest absolute Gasteiger partial charge is 0.348 e. The molecule has 1 aliphatic rings. The van der Waals surface area contributed by atoms with Crippen LogP contribution < -0.4 is 5.69 Å². The van der Waals surface area contributed by atoms with Crippen molar-refractivity contribution in [1.29, 1.82) is 0 Å². The maximum Gasteiger partial charge on any atom is 0.348 e. The summed E-state index contributed by atoms with van der Waals surface area (Å²) in [6, 6.07) is 12.5. The van der Waals surface area contributed by atoms with Gasteiger partial charge >= 0.3 is 5.69 Å². The molecule has 166 valence electrons. The molecule has 6 nitrogen and oxygen atoms in total. The van der Waals surface area contributed by atoms with Gasteiger partial charge < -0.3 is 4.90 Å². The number of carbonyl (C=O) groups excluding carboxylic acids is 1. The molecule has 0 radical (unpaired) electrons. The monoisotopic (exact) mass is 434 g/mol. The zero-order valence-corrected chi connectivity index (χ0v) is 18.6. The van der Waals surface area contributed by atoms with E-state index in [1.165, 1.54) is 16.7 Å². The van der Waals surface area contributed by atoms with E-state index >= 15 is 0 Å². The lowest BCUT2D eigenvalue weighted by Gasteiger charge is -2.18. The summed E-state index contributed by atoms with van der Waals surface area (Å²) in [6.07, 6.45) is 1.53. The number of pyridine rings is 1. The smallest absolute Gasteiger partial charge is 0.340 e. The Labute approximate surface area is 186 Å². The van der Waals surface area contributed by atoms with Gasteiger partial charge in [0.05, 0.1) is 0 Å². The average molecular weight is 435 g/mol. The number of likely N-dealkylation sites (tertiary alicyclic amines) is 1. The van der Waals surface area contributed by atoms with Crippen LogP contribution >= 0.6 is 0 Å². The standard InChI is InChI=1S/C25H27FN4O2/c1-16-10-18(3)30(25(32)28-16)15-24(31)29-9-8-21(14-29)23-13-20(11-17(2)27-23)12-19-4-6-22(26)7-5-19/h4-7,10-11,13,21H,8-9,12,14-15H2,1-3H3. The van der Waals surface area contributed by atoms with Crippen LogP contribution in [-0.2, 0) is 17.8 Å². The Morgan fingerprint density at radius 2 is 1.75 bits per heavy atom. The number of halogens is 1. The maximum atomic E-state index is 13.2. The zero-order chi connectivity index (χ0) is 22.8. The second-order valence-electron chi connectivity index (χ2n) is 8.58. The van der Waals surface area contributed by atoms with Gasteiger partial charge in [-0.15, -0.1) is 0 Å². The Balaban J connectivity index is 1.46. The van der Waals surface area contributed by atoms with Gasteiger partial charge in [0, 0.05) is 41.8 Å². The maximum absolute atomic E-state index is 13.2. The van der Waals surface area contributed by atoms with Gasteiger partial charge in [-0.2, -0.15) is 4.98 Å². The van der Waals surface area contributed by atoms with E-state index in [0.29, 0.717) is 25.2 Å². The highest BCUT2D eigenvalue weighted by Crippen LogP contribution is 2.27. The van der Waals surface area contributed by atoms with E-state index in [4.69, 9.17) is 4.98 Å². The molecule has 3 heterocycles. The van der Waals surface area contributed by atoms with Crippen molar-refractivity contribution in [3.63, 3.8) is 0 Å². The number of hydrogen-bond acceptors (Lipinski definition) is 4. The van der Waals surface area contributed by atoms with Gasteiger partial charge in [0.15, 0.2) is 0 Å². The van der Waals surface area contributed by atoms with Gasteiger partial charge in [-0.05, 0) is 75.1 Å². The van der Waals surface area contributed by atoms with Crippen molar-refractivity contribution in [3.8, 4) is 0 Å². The molecule has 4 rings (SSSR count). The number of aromatic nitrogens is 3. The van der Waals surface area contributed by atoms with Crippen molar-refractivity contribution in [2.75, 3.05) is 13.1 Å². The Hall–Kier alpha value is -3.35. The molecule has 0 saturated carbocycles. The van der Waals surface area contributed by atoms with Gasteiger partial charge in [0.1, 0.15) is 12.4 Å². The highest BCUT2D eigenvalue weighted by atomic mass is 19.1. The number of hydrogen-bond donors (Lipinski definition) is 0. The molecule has 3 aromatic rings. The highest BCUT2D eigenvalue weighted by Gasteiger charge is 2.29. The van der Waals surface area contributed by atoms with Crippen molar-refractivity contribution >= 4 is 5.91 Å². The molecule has 32 heavy (non-hydrogen) atoms. The fourth-order valence-corrected chi connectivity index (χ4v) is 4.35. The molecule has 1 amide bonds. The average Bonchev–Trinajstić information content (AvgIpc) is 3.22. The first-order valence-corrected chi connectivity index (χ1v) is 10.8. The molecule has 1 saturated heterocycles. The molecule has 1 aromatic carbocycles. The Morgan fingerprint density at radius 3 is 2.47 bits per heavy atom. The Morgan fingerprint density at radius 1 is 1.03 bits per heavy atom. The summed E-state index contributed by atoms with van der Waals surface area (Å²) in [5, 5.41) is 0. The predicted molar refractivity (Wildman–Crippen MR) is 120 cm³/mol. The van der Waals surface area contributed by atoms with Gasteiger partial charge in [0.2, 0.25) is 5.91 Å². The summed E-state index contributed by atoms with van der Waals surface area (Å²) in [6.45, 7) is 6.77.